The molecule has 2 bridgehead atoms. The van der Waals surface area contributed by atoms with Crippen LogP contribution in [0.5, 0.6) is 5.75 Å². The molecule has 61 heavy (non-hydrogen) atoms. The van der Waals surface area contributed by atoms with Crippen LogP contribution in [0.2, 0.25) is 0 Å². The average Bonchev–Trinajstić information content (AvgIpc) is 3.91. The minimum absolute atomic E-state index is 0.0543. The number of carbonyl (C=O) groups excluding carboxylic acids is 4. The zero-order valence-electron chi connectivity index (χ0n) is 36.3. The molecule has 1 aromatic heterocycles. The van der Waals surface area contributed by atoms with Gasteiger partial charge in [-0.05, 0) is 73.5 Å². The fraction of sp³-hybridized carbons (Fsp3) is 0.532. The Hall–Kier alpha value is -5.18. The number of hydrogen-bond acceptors (Lipinski definition) is 13. The number of nitrogens with one attached hydrogen (secondary N) is 1. The molecule has 324 valence electrons. The van der Waals surface area contributed by atoms with E-state index in [1.807, 2.05) is 49.2 Å². The lowest BCUT2D eigenvalue weighted by molar-refractivity contribution is -0.228. The van der Waals surface area contributed by atoms with Crippen LogP contribution in [0, 0.1) is 11.3 Å². The van der Waals surface area contributed by atoms with Crippen LogP contribution in [0.3, 0.4) is 0 Å². The third-order valence-electron chi connectivity index (χ3n) is 15.3. The number of aromatic amines is 1. The maximum absolute atomic E-state index is 15.3. The number of anilines is 1. The van der Waals surface area contributed by atoms with Gasteiger partial charge in [0.15, 0.2) is 6.10 Å². The number of ether oxygens (including phenoxy) is 5. The van der Waals surface area contributed by atoms with Gasteiger partial charge in [-0.15, -0.1) is 0 Å². The van der Waals surface area contributed by atoms with Gasteiger partial charge in [0.05, 0.1) is 40.0 Å². The van der Waals surface area contributed by atoms with Gasteiger partial charge in [0.1, 0.15) is 11.2 Å². The van der Waals surface area contributed by atoms with E-state index in [0.717, 1.165) is 40.7 Å². The summed E-state index contributed by atoms with van der Waals surface area (Å²) in [6.07, 6.45) is 7.31. The highest BCUT2D eigenvalue weighted by atomic mass is 16.6. The summed E-state index contributed by atoms with van der Waals surface area (Å²) < 4.78 is 29.0. The molecule has 0 radical (unpaired) electrons. The topological polar surface area (TPSA) is 160 Å². The molecule has 6 heterocycles. The predicted molar refractivity (Wildman–Crippen MR) is 225 cm³/mol. The molecule has 3 aromatic rings. The number of H-pyrrole nitrogens is 1. The molecule has 1 saturated heterocycles. The maximum Gasteiger partial charge on any atom is 0.344 e. The summed E-state index contributed by atoms with van der Waals surface area (Å²) in [7, 11) is 7.45. The lowest BCUT2D eigenvalue weighted by atomic mass is 9.47. The average molecular weight is 837 g/mol. The van der Waals surface area contributed by atoms with Gasteiger partial charge in [0.25, 0.3) is 0 Å². The predicted octanol–water partition coefficient (Wildman–Crippen LogP) is 4.54. The van der Waals surface area contributed by atoms with Crippen molar-refractivity contribution in [3.63, 3.8) is 0 Å². The quantitative estimate of drug-likeness (QED) is 0.185. The van der Waals surface area contributed by atoms with Gasteiger partial charge >= 0.3 is 23.9 Å². The van der Waals surface area contributed by atoms with E-state index in [1.165, 1.54) is 33.8 Å². The lowest BCUT2D eigenvalue weighted by Gasteiger charge is -2.63. The number of aromatic nitrogens is 1. The highest BCUT2D eigenvalue weighted by Crippen LogP contribution is 2.68. The summed E-state index contributed by atoms with van der Waals surface area (Å²) in [5.41, 5.74) is 0.392. The first-order valence-electron chi connectivity index (χ1n) is 21.3. The minimum Gasteiger partial charge on any atom is -0.496 e. The van der Waals surface area contributed by atoms with Gasteiger partial charge < -0.3 is 38.7 Å². The van der Waals surface area contributed by atoms with Crippen molar-refractivity contribution in [3.8, 4) is 5.75 Å². The minimum atomic E-state index is -2.32. The number of carbonyl (C=O) groups is 4. The molecule has 1 saturated carbocycles. The maximum atomic E-state index is 15.3. The van der Waals surface area contributed by atoms with Crippen LogP contribution in [0.15, 0.2) is 54.1 Å². The van der Waals surface area contributed by atoms with Crippen molar-refractivity contribution >= 4 is 40.5 Å². The Kier molecular flexibility index (Phi) is 9.76. The molecule has 9 rings (SSSR count). The van der Waals surface area contributed by atoms with E-state index >= 15 is 4.79 Å². The number of esters is 4. The summed E-state index contributed by atoms with van der Waals surface area (Å²) in [4.78, 5) is 66.1. The van der Waals surface area contributed by atoms with E-state index in [4.69, 9.17) is 23.7 Å². The Bertz CT molecular complexity index is 2420. The summed E-state index contributed by atoms with van der Waals surface area (Å²) >= 11 is 0. The molecule has 2 fully saturated rings. The van der Waals surface area contributed by atoms with Gasteiger partial charge in [-0.25, -0.2) is 9.59 Å². The number of nitrogens with zero attached hydrogens (tertiary/aromatic N) is 3. The monoisotopic (exact) mass is 836 g/mol. The van der Waals surface area contributed by atoms with Crippen molar-refractivity contribution in [2.75, 3.05) is 66.6 Å². The van der Waals surface area contributed by atoms with Crippen LogP contribution in [0.4, 0.5) is 5.69 Å². The SMILES string of the molecule is CCC1=C[C@H]2CN(C1)Cc1c([nH]c3ccc(C(=O)OC)cc13)[C@@](C(=O)OC)(c1cc3c(cc1OC)N(C)[C@H]1[C@@](O)(C(=O)OC)[C@H](OC(C)=O)[C@]4(CC)C=CCN5CC[C@]31[C@@H]54)C2. The molecule has 1 unspecified atom stereocenters. The number of fused-ring (bicyclic) bond motifs is 6. The number of rotatable bonds is 8. The number of hydrogen-bond donors (Lipinski definition) is 2. The van der Waals surface area contributed by atoms with E-state index in [9.17, 15) is 19.5 Å². The van der Waals surface area contributed by atoms with Crippen LogP contribution >= 0.6 is 0 Å². The van der Waals surface area contributed by atoms with Crippen molar-refractivity contribution in [2.24, 2.45) is 11.3 Å². The smallest absolute Gasteiger partial charge is 0.344 e. The second-order valence-electron chi connectivity index (χ2n) is 17.9. The molecule has 14 heteroatoms. The second kappa shape index (κ2) is 14.5. The molecule has 2 aromatic carbocycles. The molecule has 9 atom stereocenters. The Morgan fingerprint density at radius 1 is 0.951 bits per heavy atom. The molecule has 1 aliphatic carbocycles. The number of likely N-dealkylation sites (N-methyl/N-ethyl adjacent to an activating group) is 1. The molecular formula is C47H56N4O10. The van der Waals surface area contributed by atoms with Crippen LogP contribution < -0.4 is 9.64 Å². The first kappa shape index (κ1) is 41.2. The fourth-order valence-corrected chi connectivity index (χ4v) is 13.1. The molecule has 6 aliphatic rings. The van der Waals surface area contributed by atoms with E-state index in [2.05, 4.69) is 33.8 Å². The summed E-state index contributed by atoms with van der Waals surface area (Å²) in [5, 5.41) is 14.1. The first-order chi connectivity index (χ1) is 29.2. The third kappa shape index (κ3) is 5.37. The summed E-state index contributed by atoms with van der Waals surface area (Å²) in [5.74, 6) is -2.07. The zero-order valence-corrected chi connectivity index (χ0v) is 36.3. The van der Waals surface area contributed by atoms with Crippen molar-refractivity contribution in [1.29, 1.82) is 0 Å². The standard InChI is InChI=1S/C47H56N4O10/c1-9-27-18-28-22-46(42(54)59-7,37-31(25-50(23-27)24-28)30-19-29(38(53)58-6)12-13-34(30)48-37)33-20-32-35(21-36(33)57-5)49(4)40-45(32)15-17-51-16-11-14-44(10-2,39(45)51)41(61-26(3)52)47(40,56)43(55)60-8/h11-14,18-21,28,39-41,48,56H,9-10,15-17,22-25H2,1-8H3/t28-,39+,40-,41-,44-,45-,46+,47+/m1/s1. The highest BCUT2D eigenvalue weighted by molar-refractivity contribution is 5.99. The largest absolute Gasteiger partial charge is 0.496 e. The lowest BCUT2D eigenvalue weighted by Crippen LogP contribution is -2.81. The van der Waals surface area contributed by atoms with Crippen LogP contribution in [0.1, 0.15) is 79.2 Å². The molecule has 2 N–H and O–H groups in total. The summed E-state index contributed by atoms with van der Waals surface area (Å²) in [6.45, 7) is 8.70. The number of methoxy groups -OCH3 is 4. The molecular weight excluding hydrogens is 781 g/mol. The van der Waals surface area contributed by atoms with Crippen LogP contribution in [-0.4, -0.2) is 129 Å². The van der Waals surface area contributed by atoms with Gasteiger partial charge in [-0.2, -0.15) is 0 Å². The van der Waals surface area contributed by atoms with E-state index in [0.29, 0.717) is 68.0 Å². The normalized spacial score (nSPS) is 33.3. The van der Waals surface area contributed by atoms with Gasteiger partial charge in [0, 0.05) is 90.9 Å². The van der Waals surface area contributed by atoms with Crippen molar-refractivity contribution in [2.45, 2.75) is 87.6 Å². The van der Waals surface area contributed by atoms with Gasteiger partial charge in [-0.3, -0.25) is 19.4 Å². The van der Waals surface area contributed by atoms with E-state index < -0.39 is 57.9 Å². The first-order valence-corrected chi connectivity index (χ1v) is 21.3. The zero-order chi connectivity index (χ0) is 43.4. The molecule has 5 aliphatic heterocycles. The Labute approximate surface area is 355 Å². The van der Waals surface area contributed by atoms with E-state index in [-0.39, 0.29) is 12.0 Å². The Morgan fingerprint density at radius 2 is 1.72 bits per heavy atom. The molecule has 1 spiro atoms. The van der Waals surface area contributed by atoms with Gasteiger partial charge in [-0.1, -0.05) is 37.6 Å². The van der Waals surface area contributed by atoms with Crippen molar-refractivity contribution < 1.29 is 48.0 Å². The van der Waals surface area contributed by atoms with Crippen LogP contribution in [-0.2, 0) is 50.7 Å². The number of benzene rings is 2. The van der Waals surface area contributed by atoms with Crippen LogP contribution in [0.25, 0.3) is 10.9 Å². The highest BCUT2D eigenvalue weighted by Gasteiger charge is 2.80. The second-order valence-corrected chi connectivity index (χ2v) is 17.9. The van der Waals surface area contributed by atoms with Crippen molar-refractivity contribution in [3.05, 3.63) is 82.1 Å². The summed E-state index contributed by atoms with van der Waals surface area (Å²) in [6, 6.07) is 8.14. The Morgan fingerprint density at radius 3 is 2.39 bits per heavy atom. The molecule has 0 amide bonds. The number of aliphatic hydroxyl groups is 1. The van der Waals surface area contributed by atoms with Crippen molar-refractivity contribution in [1.82, 2.24) is 14.8 Å². The fourth-order valence-electron chi connectivity index (χ4n) is 13.1. The van der Waals surface area contributed by atoms with E-state index in [1.54, 1.807) is 13.2 Å². The molecule has 14 nitrogen and oxygen atoms in total. The third-order valence-corrected chi connectivity index (χ3v) is 15.3. The Balaban J connectivity index is 1.37. The van der Waals surface area contributed by atoms with Gasteiger partial charge in [0.2, 0.25) is 5.60 Å².